The maximum absolute atomic E-state index is 14.5. The summed E-state index contributed by atoms with van der Waals surface area (Å²) >= 11 is 0. The highest BCUT2D eigenvalue weighted by Crippen LogP contribution is 2.56. The molecule has 2 amide bonds. The lowest BCUT2D eigenvalue weighted by Crippen LogP contribution is -2.55. The fraction of sp³-hybridized carbons (Fsp3) is 0.206. The van der Waals surface area contributed by atoms with Gasteiger partial charge in [-0.2, -0.15) is 0 Å². The highest BCUT2D eigenvalue weighted by molar-refractivity contribution is 6.03. The van der Waals surface area contributed by atoms with Crippen molar-refractivity contribution < 1.29 is 28.3 Å². The molecule has 4 aromatic carbocycles. The van der Waals surface area contributed by atoms with Gasteiger partial charge in [-0.3, -0.25) is 9.69 Å². The van der Waals surface area contributed by atoms with Crippen LogP contribution in [0.1, 0.15) is 51.5 Å². The number of amides is 2. The van der Waals surface area contributed by atoms with Gasteiger partial charge >= 0.3 is 12.0 Å². The highest BCUT2D eigenvalue weighted by Gasteiger charge is 2.65. The molecule has 5 rings (SSSR count). The van der Waals surface area contributed by atoms with Gasteiger partial charge in [0, 0.05) is 17.2 Å². The lowest BCUT2D eigenvalue weighted by Gasteiger charge is -2.37. The van der Waals surface area contributed by atoms with E-state index in [2.05, 4.69) is 5.32 Å². The Morgan fingerprint density at radius 2 is 1.36 bits per heavy atom. The molecule has 4 atom stereocenters. The number of hydrogen-bond donors (Lipinski definition) is 2. The first-order valence-electron chi connectivity index (χ1n) is 13.5. The van der Waals surface area contributed by atoms with Crippen LogP contribution in [0.15, 0.2) is 97.1 Å². The van der Waals surface area contributed by atoms with Crippen LogP contribution < -0.4 is 5.32 Å². The van der Waals surface area contributed by atoms with Crippen molar-refractivity contribution in [3.8, 4) is 0 Å². The zero-order valence-electron chi connectivity index (χ0n) is 23.3. The van der Waals surface area contributed by atoms with E-state index in [1.807, 2.05) is 32.0 Å². The number of carboxylic acids is 1. The number of aliphatic carboxylic acids is 1. The first kappa shape index (κ1) is 28.7. The third-order valence-corrected chi connectivity index (χ3v) is 8.05. The van der Waals surface area contributed by atoms with Crippen LogP contribution in [0.25, 0.3) is 0 Å². The number of nitrogens with zero attached hydrogens (tertiary/aromatic N) is 1. The summed E-state index contributed by atoms with van der Waals surface area (Å²) in [5.41, 5.74) is 1.35. The standard InChI is InChI=1S/C34H30F2N2O4/c1-20-6-4-8-23(18-20)30-28(31(39)24-9-5-7-21(2)19-24)29(22-10-12-25(35)13-11-22)34(3,32(40)41)38(30)33(42)37-27-16-14-26(36)15-17-27/h4-19,28-30H,1-3H3,(H,37,42)(H,40,41). The van der Waals surface area contributed by atoms with Gasteiger partial charge in [-0.05, 0) is 74.4 Å². The summed E-state index contributed by atoms with van der Waals surface area (Å²) in [6.45, 7) is 5.14. The first-order chi connectivity index (χ1) is 20.0. The van der Waals surface area contributed by atoms with Crippen LogP contribution in [-0.2, 0) is 4.79 Å². The summed E-state index contributed by atoms with van der Waals surface area (Å²) in [4.78, 5) is 43.2. The average molecular weight is 569 g/mol. The number of likely N-dealkylation sites (tertiary alicyclic amines) is 1. The van der Waals surface area contributed by atoms with E-state index in [4.69, 9.17) is 0 Å². The number of halogens is 2. The number of hydrogen-bond acceptors (Lipinski definition) is 3. The van der Waals surface area contributed by atoms with Crippen molar-refractivity contribution in [2.75, 3.05) is 5.32 Å². The van der Waals surface area contributed by atoms with E-state index < -0.39 is 47.1 Å². The number of ketones is 1. The van der Waals surface area contributed by atoms with Crippen LogP contribution in [0, 0.1) is 31.4 Å². The van der Waals surface area contributed by atoms with Crippen LogP contribution in [0.3, 0.4) is 0 Å². The van der Waals surface area contributed by atoms with Crippen molar-refractivity contribution in [1.82, 2.24) is 4.90 Å². The molecule has 0 spiro atoms. The lowest BCUT2D eigenvalue weighted by molar-refractivity contribution is -0.148. The van der Waals surface area contributed by atoms with Crippen molar-refractivity contribution in [1.29, 1.82) is 0 Å². The Morgan fingerprint density at radius 3 is 1.93 bits per heavy atom. The van der Waals surface area contributed by atoms with Gasteiger partial charge in [0.05, 0.1) is 12.0 Å². The lowest BCUT2D eigenvalue weighted by atomic mass is 9.71. The zero-order chi connectivity index (χ0) is 30.2. The fourth-order valence-electron chi connectivity index (χ4n) is 6.12. The van der Waals surface area contributed by atoms with Gasteiger partial charge in [0.1, 0.15) is 17.2 Å². The van der Waals surface area contributed by atoms with E-state index in [-0.39, 0.29) is 11.5 Å². The van der Waals surface area contributed by atoms with Gasteiger partial charge in [-0.15, -0.1) is 0 Å². The molecule has 0 aromatic heterocycles. The van der Waals surface area contributed by atoms with Crippen molar-refractivity contribution in [2.45, 2.75) is 38.3 Å². The SMILES string of the molecule is Cc1cccc(C(=O)C2C(c3cccc(C)c3)N(C(=O)Nc3ccc(F)cc3)C(C)(C(=O)O)C2c2ccc(F)cc2)c1. The summed E-state index contributed by atoms with van der Waals surface area (Å²) < 4.78 is 27.7. The summed E-state index contributed by atoms with van der Waals surface area (Å²) in [7, 11) is 0. The van der Waals surface area contributed by atoms with Crippen molar-refractivity contribution in [2.24, 2.45) is 5.92 Å². The van der Waals surface area contributed by atoms with E-state index in [0.29, 0.717) is 16.7 Å². The molecule has 1 saturated heterocycles. The molecule has 42 heavy (non-hydrogen) atoms. The van der Waals surface area contributed by atoms with Crippen molar-refractivity contribution in [3.63, 3.8) is 0 Å². The Kier molecular flexibility index (Phi) is 7.65. The van der Waals surface area contributed by atoms with Crippen molar-refractivity contribution >= 4 is 23.5 Å². The third-order valence-electron chi connectivity index (χ3n) is 8.05. The number of urea groups is 1. The molecular weight excluding hydrogens is 538 g/mol. The minimum atomic E-state index is -1.96. The summed E-state index contributed by atoms with van der Waals surface area (Å²) in [6, 6.07) is 22.9. The number of Topliss-reactive ketones (excluding diaryl/α,β-unsaturated/α-hetero) is 1. The number of carboxylic acid groups (broad SMARTS) is 1. The van der Waals surface area contributed by atoms with Gasteiger partial charge in [0.25, 0.3) is 0 Å². The Bertz CT molecular complexity index is 1660. The van der Waals surface area contributed by atoms with Crippen LogP contribution in [0.2, 0.25) is 0 Å². The molecule has 1 aliphatic heterocycles. The van der Waals surface area contributed by atoms with Gasteiger partial charge < -0.3 is 10.4 Å². The molecule has 4 unspecified atom stereocenters. The Hall–Kier alpha value is -4.85. The predicted molar refractivity (Wildman–Crippen MR) is 155 cm³/mol. The van der Waals surface area contributed by atoms with Crippen LogP contribution in [0.5, 0.6) is 0 Å². The average Bonchev–Trinajstić information content (AvgIpc) is 3.25. The monoisotopic (exact) mass is 568 g/mol. The highest BCUT2D eigenvalue weighted by atomic mass is 19.1. The molecule has 0 saturated carbocycles. The number of carbonyl (C=O) groups excluding carboxylic acids is 2. The Labute approximate surface area is 242 Å². The third kappa shape index (κ3) is 5.16. The molecule has 4 aromatic rings. The van der Waals surface area contributed by atoms with E-state index >= 15 is 0 Å². The van der Waals surface area contributed by atoms with E-state index in [0.717, 1.165) is 11.1 Å². The molecule has 2 N–H and O–H groups in total. The van der Waals surface area contributed by atoms with Crippen LogP contribution >= 0.6 is 0 Å². The van der Waals surface area contributed by atoms with Gasteiger partial charge in [-0.1, -0.05) is 65.7 Å². The van der Waals surface area contributed by atoms with Crippen molar-refractivity contribution in [3.05, 3.63) is 137 Å². The predicted octanol–water partition coefficient (Wildman–Crippen LogP) is 7.30. The first-order valence-corrected chi connectivity index (χ1v) is 13.5. The molecule has 0 bridgehead atoms. The van der Waals surface area contributed by atoms with Gasteiger partial charge in [-0.25, -0.2) is 18.4 Å². The Balaban J connectivity index is 1.78. The summed E-state index contributed by atoms with van der Waals surface area (Å²) in [5, 5.41) is 13.6. The summed E-state index contributed by atoms with van der Waals surface area (Å²) in [5.74, 6) is -4.81. The second-order valence-electron chi connectivity index (χ2n) is 10.9. The topological polar surface area (TPSA) is 86.7 Å². The number of rotatable bonds is 6. The number of carbonyl (C=O) groups is 3. The molecule has 1 heterocycles. The van der Waals surface area contributed by atoms with Crippen LogP contribution in [-0.4, -0.2) is 33.3 Å². The maximum atomic E-state index is 14.5. The largest absolute Gasteiger partial charge is 0.479 e. The molecule has 8 heteroatoms. The fourth-order valence-corrected chi connectivity index (χ4v) is 6.12. The summed E-state index contributed by atoms with van der Waals surface area (Å²) in [6.07, 6.45) is 0. The number of nitrogens with one attached hydrogen (secondary N) is 1. The van der Waals surface area contributed by atoms with Gasteiger partial charge in [0.2, 0.25) is 0 Å². The van der Waals surface area contributed by atoms with E-state index in [1.165, 1.54) is 60.4 Å². The smallest absolute Gasteiger partial charge is 0.330 e. The minimum Gasteiger partial charge on any atom is -0.479 e. The molecule has 1 aliphatic rings. The number of aryl methyl sites for hydroxylation is 2. The number of anilines is 1. The molecule has 1 fully saturated rings. The molecule has 0 radical (unpaired) electrons. The quantitative estimate of drug-likeness (QED) is 0.239. The van der Waals surface area contributed by atoms with Gasteiger partial charge in [0.15, 0.2) is 5.78 Å². The number of benzene rings is 4. The molecule has 214 valence electrons. The second kappa shape index (κ2) is 11.2. The molecule has 6 nitrogen and oxygen atoms in total. The van der Waals surface area contributed by atoms with Crippen LogP contribution in [0.4, 0.5) is 19.3 Å². The minimum absolute atomic E-state index is 0.254. The Morgan fingerprint density at radius 1 is 0.786 bits per heavy atom. The van der Waals surface area contributed by atoms with E-state index in [1.54, 1.807) is 30.3 Å². The normalized spacial score (nSPS) is 21.6. The van der Waals surface area contributed by atoms with E-state index in [9.17, 15) is 28.3 Å². The zero-order valence-corrected chi connectivity index (χ0v) is 23.3. The molecule has 0 aliphatic carbocycles. The maximum Gasteiger partial charge on any atom is 0.330 e. The molecular formula is C34H30F2N2O4. The second-order valence-corrected chi connectivity index (χ2v) is 10.9.